The van der Waals surface area contributed by atoms with Crippen molar-refractivity contribution < 1.29 is 9.47 Å². The molecule has 0 saturated carbocycles. The molecule has 0 unspecified atom stereocenters. The molecule has 0 aliphatic heterocycles. The highest BCUT2D eigenvalue weighted by atomic mass is 16.5. The highest BCUT2D eigenvalue weighted by molar-refractivity contribution is 5.35. The van der Waals surface area contributed by atoms with E-state index in [1.807, 2.05) is 6.20 Å². The van der Waals surface area contributed by atoms with Crippen LogP contribution in [0.4, 0.5) is 5.82 Å². The standard InChI is InChI=1S/C13H24N4O2/c1-4-14-9-12-10-16-13(11-15-12)17(5-7-18-2)6-8-19-3/h10-11,14H,4-9H2,1-3H3. The summed E-state index contributed by atoms with van der Waals surface area (Å²) in [5, 5.41) is 3.23. The lowest BCUT2D eigenvalue weighted by atomic mass is 10.4. The quantitative estimate of drug-likeness (QED) is 0.673. The Morgan fingerprint density at radius 3 is 2.26 bits per heavy atom. The van der Waals surface area contributed by atoms with Gasteiger partial charge >= 0.3 is 0 Å². The van der Waals surface area contributed by atoms with Gasteiger partial charge in [-0.3, -0.25) is 4.98 Å². The summed E-state index contributed by atoms with van der Waals surface area (Å²) in [5.41, 5.74) is 0.948. The minimum absolute atomic E-state index is 0.657. The van der Waals surface area contributed by atoms with Crippen LogP contribution in [-0.4, -0.2) is 57.0 Å². The van der Waals surface area contributed by atoms with Crippen molar-refractivity contribution >= 4 is 5.82 Å². The van der Waals surface area contributed by atoms with Crippen LogP contribution in [0.15, 0.2) is 12.4 Å². The van der Waals surface area contributed by atoms with Crippen LogP contribution in [0, 0.1) is 0 Å². The number of rotatable bonds is 10. The summed E-state index contributed by atoms with van der Waals surface area (Å²) in [5.74, 6) is 0.856. The molecular formula is C13H24N4O2. The number of nitrogens with zero attached hydrogens (tertiary/aromatic N) is 3. The largest absolute Gasteiger partial charge is 0.383 e. The molecule has 0 amide bonds. The molecule has 1 N–H and O–H groups in total. The Bertz CT molecular complexity index is 324. The van der Waals surface area contributed by atoms with Gasteiger partial charge in [0.25, 0.3) is 0 Å². The molecule has 0 saturated heterocycles. The number of anilines is 1. The van der Waals surface area contributed by atoms with Gasteiger partial charge in [-0.15, -0.1) is 0 Å². The summed E-state index contributed by atoms with van der Waals surface area (Å²) in [6.07, 6.45) is 3.61. The molecule has 0 radical (unpaired) electrons. The van der Waals surface area contributed by atoms with Crippen LogP contribution in [-0.2, 0) is 16.0 Å². The average molecular weight is 268 g/mol. The van der Waals surface area contributed by atoms with Crippen LogP contribution >= 0.6 is 0 Å². The Hall–Kier alpha value is -1.24. The molecule has 0 aliphatic carbocycles. The molecule has 6 nitrogen and oxygen atoms in total. The number of methoxy groups -OCH3 is 2. The van der Waals surface area contributed by atoms with Gasteiger partial charge in [0.15, 0.2) is 0 Å². The molecule has 0 aromatic carbocycles. The Kier molecular flexibility index (Phi) is 8.04. The smallest absolute Gasteiger partial charge is 0.147 e. The van der Waals surface area contributed by atoms with Crippen molar-refractivity contribution in [3.05, 3.63) is 18.1 Å². The first kappa shape index (κ1) is 15.8. The summed E-state index contributed by atoms with van der Waals surface area (Å²) in [6, 6.07) is 0. The van der Waals surface area contributed by atoms with Crippen LogP contribution in [0.25, 0.3) is 0 Å². The Labute approximate surface area is 115 Å². The van der Waals surface area contributed by atoms with Gasteiger partial charge in [0.1, 0.15) is 5.82 Å². The van der Waals surface area contributed by atoms with E-state index in [1.165, 1.54) is 0 Å². The molecule has 1 heterocycles. The van der Waals surface area contributed by atoms with Crippen molar-refractivity contribution in [2.45, 2.75) is 13.5 Å². The number of aromatic nitrogens is 2. The molecule has 0 aliphatic rings. The second-order valence-electron chi connectivity index (χ2n) is 4.12. The van der Waals surface area contributed by atoms with Gasteiger partial charge in [0, 0.05) is 33.9 Å². The van der Waals surface area contributed by atoms with Gasteiger partial charge in [0.05, 0.1) is 31.3 Å². The highest BCUT2D eigenvalue weighted by Crippen LogP contribution is 2.08. The minimum atomic E-state index is 0.657. The van der Waals surface area contributed by atoms with E-state index in [4.69, 9.17) is 9.47 Å². The predicted molar refractivity (Wildman–Crippen MR) is 75.4 cm³/mol. The van der Waals surface area contributed by atoms with Crippen LogP contribution in [0.1, 0.15) is 12.6 Å². The molecule has 1 rings (SSSR count). The second kappa shape index (κ2) is 9.66. The third-order valence-electron chi connectivity index (χ3n) is 2.70. The Balaban J connectivity index is 2.61. The molecule has 1 aromatic heterocycles. The lowest BCUT2D eigenvalue weighted by Crippen LogP contribution is -2.31. The lowest BCUT2D eigenvalue weighted by molar-refractivity contribution is 0.190. The van der Waals surface area contributed by atoms with E-state index in [1.54, 1.807) is 20.4 Å². The van der Waals surface area contributed by atoms with Gasteiger partial charge in [-0.25, -0.2) is 4.98 Å². The number of nitrogens with one attached hydrogen (secondary N) is 1. The fraction of sp³-hybridized carbons (Fsp3) is 0.692. The zero-order valence-corrected chi connectivity index (χ0v) is 12.1. The molecule has 0 spiro atoms. The van der Waals surface area contributed by atoms with Crippen molar-refractivity contribution in [1.29, 1.82) is 0 Å². The summed E-state index contributed by atoms with van der Waals surface area (Å²) < 4.78 is 10.2. The van der Waals surface area contributed by atoms with Gasteiger partial charge < -0.3 is 19.7 Å². The van der Waals surface area contributed by atoms with Crippen molar-refractivity contribution in [1.82, 2.24) is 15.3 Å². The first-order valence-electron chi connectivity index (χ1n) is 6.56. The molecule has 6 heteroatoms. The zero-order chi connectivity index (χ0) is 13.9. The van der Waals surface area contributed by atoms with Gasteiger partial charge in [-0.2, -0.15) is 0 Å². The van der Waals surface area contributed by atoms with E-state index in [2.05, 4.69) is 27.1 Å². The Morgan fingerprint density at radius 1 is 1.11 bits per heavy atom. The van der Waals surface area contributed by atoms with Crippen molar-refractivity contribution in [3.63, 3.8) is 0 Å². The first-order valence-corrected chi connectivity index (χ1v) is 6.56. The summed E-state index contributed by atoms with van der Waals surface area (Å²) >= 11 is 0. The van der Waals surface area contributed by atoms with Crippen molar-refractivity contribution in [3.8, 4) is 0 Å². The maximum absolute atomic E-state index is 5.11. The number of hydrogen-bond donors (Lipinski definition) is 1. The topological polar surface area (TPSA) is 59.5 Å². The van der Waals surface area contributed by atoms with Crippen molar-refractivity contribution in [2.75, 3.05) is 52.0 Å². The van der Waals surface area contributed by atoms with Crippen LogP contribution < -0.4 is 10.2 Å². The summed E-state index contributed by atoms with van der Waals surface area (Å²) in [4.78, 5) is 11.0. The van der Waals surface area contributed by atoms with E-state index in [0.29, 0.717) is 13.2 Å². The predicted octanol–water partition coefficient (Wildman–Crippen LogP) is 0.685. The minimum Gasteiger partial charge on any atom is -0.383 e. The van der Waals surface area contributed by atoms with Crippen LogP contribution in [0.3, 0.4) is 0 Å². The molecule has 19 heavy (non-hydrogen) atoms. The third kappa shape index (κ3) is 5.96. The SMILES string of the molecule is CCNCc1cnc(N(CCOC)CCOC)cn1. The maximum Gasteiger partial charge on any atom is 0.147 e. The highest BCUT2D eigenvalue weighted by Gasteiger charge is 2.08. The summed E-state index contributed by atoms with van der Waals surface area (Å²) in [6.45, 7) is 6.62. The monoisotopic (exact) mass is 268 g/mol. The maximum atomic E-state index is 5.11. The fourth-order valence-electron chi connectivity index (χ4n) is 1.60. The van der Waals surface area contributed by atoms with Crippen molar-refractivity contribution in [2.24, 2.45) is 0 Å². The first-order chi connectivity index (χ1) is 9.31. The second-order valence-corrected chi connectivity index (χ2v) is 4.12. The molecule has 0 bridgehead atoms. The van der Waals surface area contributed by atoms with Gasteiger partial charge in [-0.1, -0.05) is 6.92 Å². The Morgan fingerprint density at radius 2 is 1.79 bits per heavy atom. The lowest BCUT2D eigenvalue weighted by Gasteiger charge is -2.22. The zero-order valence-electron chi connectivity index (χ0n) is 12.1. The number of ether oxygens (including phenoxy) is 2. The molecule has 0 atom stereocenters. The fourth-order valence-corrected chi connectivity index (χ4v) is 1.60. The molecule has 0 fully saturated rings. The number of hydrogen-bond acceptors (Lipinski definition) is 6. The molecule has 1 aromatic rings. The van der Waals surface area contributed by atoms with Crippen LogP contribution in [0.2, 0.25) is 0 Å². The molecule has 108 valence electrons. The van der Waals surface area contributed by atoms with Gasteiger partial charge in [0.2, 0.25) is 0 Å². The van der Waals surface area contributed by atoms with E-state index >= 15 is 0 Å². The molecular weight excluding hydrogens is 244 g/mol. The van der Waals surface area contributed by atoms with Crippen LogP contribution in [0.5, 0.6) is 0 Å². The average Bonchev–Trinajstić information content (AvgIpc) is 2.46. The third-order valence-corrected chi connectivity index (χ3v) is 2.70. The van der Waals surface area contributed by atoms with Gasteiger partial charge in [-0.05, 0) is 6.54 Å². The van der Waals surface area contributed by atoms with E-state index in [-0.39, 0.29) is 0 Å². The normalized spacial score (nSPS) is 10.7. The van der Waals surface area contributed by atoms with E-state index < -0.39 is 0 Å². The van der Waals surface area contributed by atoms with E-state index in [0.717, 1.165) is 37.7 Å². The summed E-state index contributed by atoms with van der Waals surface area (Å²) in [7, 11) is 3.39. The van der Waals surface area contributed by atoms with E-state index in [9.17, 15) is 0 Å².